The number of aryl methyl sites for hydroxylation is 3. The average molecular weight is 308 g/mol. The lowest BCUT2D eigenvalue weighted by molar-refractivity contribution is 1.08. The summed E-state index contributed by atoms with van der Waals surface area (Å²) in [6.07, 6.45) is 7.39. The van der Waals surface area contributed by atoms with Gasteiger partial charge in [0.2, 0.25) is 0 Å². The molecule has 22 heavy (non-hydrogen) atoms. The summed E-state index contributed by atoms with van der Waals surface area (Å²) in [7, 11) is 0. The van der Waals surface area contributed by atoms with Crippen LogP contribution >= 0.6 is 12.2 Å². The third kappa shape index (κ3) is 4.14. The molecule has 0 spiro atoms. The summed E-state index contributed by atoms with van der Waals surface area (Å²) in [4.78, 5) is 0.893. The van der Waals surface area contributed by atoms with E-state index in [0.29, 0.717) is 0 Å². The lowest BCUT2D eigenvalue weighted by Gasteiger charge is -2.06. The molecule has 0 unspecified atom stereocenters. The standard InChI is InChI=1S/C21H24S/c1-4-16-7-11-20(12-8-16)21(22)14-13-19-10-9-17(5-2)15-18(19)6-3/h7-15H,4-6H2,1-3H3. The van der Waals surface area contributed by atoms with Gasteiger partial charge >= 0.3 is 0 Å². The molecule has 0 N–H and O–H groups in total. The zero-order chi connectivity index (χ0) is 15.9. The minimum Gasteiger partial charge on any atom is -0.0795 e. The van der Waals surface area contributed by atoms with Crippen molar-refractivity contribution in [2.24, 2.45) is 0 Å². The number of hydrogen-bond acceptors (Lipinski definition) is 1. The van der Waals surface area contributed by atoms with Crippen LogP contribution in [-0.4, -0.2) is 4.86 Å². The first-order valence-corrected chi connectivity index (χ1v) is 8.51. The maximum atomic E-state index is 5.54. The smallest absolute Gasteiger partial charge is 0.0449 e. The highest BCUT2D eigenvalue weighted by molar-refractivity contribution is 7.81. The first-order valence-electron chi connectivity index (χ1n) is 8.11. The van der Waals surface area contributed by atoms with Crippen LogP contribution in [0.25, 0.3) is 6.08 Å². The molecule has 2 rings (SSSR count). The van der Waals surface area contributed by atoms with Crippen molar-refractivity contribution in [3.05, 3.63) is 76.4 Å². The summed E-state index contributed by atoms with van der Waals surface area (Å²) < 4.78 is 0. The van der Waals surface area contributed by atoms with Crippen molar-refractivity contribution < 1.29 is 0 Å². The van der Waals surface area contributed by atoms with Crippen LogP contribution in [-0.2, 0) is 19.3 Å². The molecule has 114 valence electrons. The third-order valence-electron chi connectivity index (χ3n) is 4.06. The highest BCUT2D eigenvalue weighted by atomic mass is 32.1. The Balaban J connectivity index is 2.18. The van der Waals surface area contributed by atoms with Gasteiger partial charge in [-0.25, -0.2) is 0 Å². The van der Waals surface area contributed by atoms with Gasteiger partial charge < -0.3 is 0 Å². The maximum absolute atomic E-state index is 5.54. The fourth-order valence-corrected chi connectivity index (χ4v) is 2.72. The fraction of sp³-hybridized carbons (Fsp3) is 0.286. The van der Waals surface area contributed by atoms with Crippen molar-refractivity contribution in [2.45, 2.75) is 40.0 Å². The zero-order valence-electron chi connectivity index (χ0n) is 13.7. The lowest BCUT2D eigenvalue weighted by Crippen LogP contribution is -1.94. The molecule has 0 saturated heterocycles. The Labute approximate surface area is 139 Å². The predicted molar refractivity (Wildman–Crippen MR) is 102 cm³/mol. The molecule has 0 fully saturated rings. The van der Waals surface area contributed by atoms with Crippen LogP contribution in [0.5, 0.6) is 0 Å². The van der Waals surface area contributed by atoms with Gasteiger partial charge in [-0.2, -0.15) is 0 Å². The van der Waals surface area contributed by atoms with E-state index >= 15 is 0 Å². The van der Waals surface area contributed by atoms with Crippen LogP contribution in [0, 0.1) is 0 Å². The molecule has 0 aliphatic carbocycles. The Morgan fingerprint density at radius 2 is 1.50 bits per heavy atom. The minimum atomic E-state index is 0.893. The first-order chi connectivity index (χ1) is 10.7. The SMILES string of the molecule is CCc1ccc(C(=S)C=Cc2ccc(CC)cc2CC)cc1. The number of rotatable bonds is 6. The molecule has 0 amide bonds. The van der Waals surface area contributed by atoms with E-state index < -0.39 is 0 Å². The van der Waals surface area contributed by atoms with Crippen LogP contribution < -0.4 is 0 Å². The van der Waals surface area contributed by atoms with Crippen molar-refractivity contribution in [3.63, 3.8) is 0 Å². The van der Waals surface area contributed by atoms with Gasteiger partial charge in [0.05, 0.1) is 0 Å². The maximum Gasteiger partial charge on any atom is 0.0449 e. The van der Waals surface area contributed by atoms with Gasteiger partial charge in [-0.3, -0.25) is 0 Å². The van der Waals surface area contributed by atoms with Crippen LogP contribution in [0.1, 0.15) is 48.6 Å². The summed E-state index contributed by atoms with van der Waals surface area (Å²) in [5, 5.41) is 0. The van der Waals surface area contributed by atoms with Gasteiger partial charge in [-0.05, 0) is 53.2 Å². The van der Waals surface area contributed by atoms with Crippen molar-refractivity contribution >= 4 is 23.2 Å². The van der Waals surface area contributed by atoms with E-state index in [-0.39, 0.29) is 0 Å². The monoisotopic (exact) mass is 308 g/mol. The molecule has 0 bridgehead atoms. The highest BCUT2D eigenvalue weighted by Crippen LogP contribution is 2.16. The normalized spacial score (nSPS) is 11.0. The van der Waals surface area contributed by atoms with E-state index in [9.17, 15) is 0 Å². The second-order valence-corrected chi connectivity index (χ2v) is 5.93. The van der Waals surface area contributed by atoms with Gasteiger partial charge in [0.15, 0.2) is 0 Å². The molecule has 0 nitrogen and oxygen atoms in total. The number of allylic oxidation sites excluding steroid dienone is 1. The molecule has 0 atom stereocenters. The number of benzene rings is 2. The van der Waals surface area contributed by atoms with E-state index in [2.05, 4.69) is 75.4 Å². The van der Waals surface area contributed by atoms with Gasteiger partial charge in [-0.15, -0.1) is 0 Å². The molecular formula is C21H24S. The van der Waals surface area contributed by atoms with Crippen molar-refractivity contribution in [1.29, 1.82) is 0 Å². The summed E-state index contributed by atoms with van der Waals surface area (Å²) in [6.45, 7) is 6.56. The number of thiocarbonyl (C=S) groups is 1. The number of hydrogen-bond donors (Lipinski definition) is 0. The molecule has 2 aromatic rings. The quantitative estimate of drug-likeness (QED) is 0.369. The highest BCUT2D eigenvalue weighted by Gasteiger charge is 2.01. The molecule has 0 heterocycles. The van der Waals surface area contributed by atoms with E-state index in [4.69, 9.17) is 12.2 Å². The van der Waals surface area contributed by atoms with Gasteiger partial charge in [0.1, 0.15) is 0 Å². The summed E-state index contributed by atoms with van der Waals surface area (Å²) in [6, 6.07) is 15.3. The van der Waals surface area contributed by atoms with Crippen LogP contribution in [0.4, 0.5) is 0 Å². The molecule has 2 aromatic carbocycles. The zero-order valence-corrected chi connectivity index (χ0v) is 14.5. The third-order valence-corrected chi connectivity index (χ3v) is 4.43. The average Bonchev–Trinajstić information content (AvgIpc) is 2.59. The molecule has 0 radical (unpaired) electrons. The molecule has 0 aliphatic rings. The molecule has 0 saturated carbocycles. The second kappa shape index (κ2) is 8.05. The lowest BCUT2D eigenvalue weighted by atomic mass is 9.99. The second-order valence-electron chi connectivity index (χ2n) is 5.49. The van der Waals surface area contributed by atoms with Crippen LogP contribution in [0.15, 0.2) is 48.5 Å². The van der Waals surface area contributed by atoms with E-state index in [1.807, 2.05) is 0 Å². The Kier molecular flexibility index (Phi) is 6.09. The van der Waals surface area contributed by atoms with Crippen LogP contribution in [0.3, 0.4) is 0 Å². The molecule has 1 heteroatoms. The van der Waals surface area contributed by atoms with Gasteiger partial charge in [0.25, 0.3) is 0 Å². The largest absolute Gasteiger partial charge is 0.0795 e. The Morgan fingerprint density at radius 3 is 2.09 bits per heavy atom. The van der Waals surface area contributed by atoms with E-state index in [1.165, 1.54) is 22.3 Å². The van der Waals surface area contributed by atoms with Crippen molar-refractivity contribution in [3.8, 4) is 0 Å². The fourth-order valence-electron chi connectivity index (χ4n) is 2.51. The first kappa shape index (κ1) is 16.6. The van der Waals surface area contributed by atoms with Gasteiger partial charge in [0, 0.05) is 4.86 Å². The topological polar surface area (TPSA) is 0 Å². The summed E-state index contributed by atoms with van der Waals surface area (Å²) in [5.74, 6) is 0. The molecule has 0 aromatic heterocycles. The predicted octanol–water partition coefficient (Wildman–Crippen LogP) is 5.81. The van der Waals surface area contributed by atoms with Crippen molar-refractivity contribution in [2.75, 3.05) is 0 Å². The Morgan fingerprint density at radius 1 is 0.864 bits per heavy atom. The van der Waals surface area contributed by atoms with Gasteiger partial charge in [-0.1, -0.05) is 81.5 Å². The Bertz CT molecular complexity index is 663. The van der Waals surface area contributed by atoms with Crippen LogP contribution in [0.2, 0.25) is 0 Å². The van der Waals surface area contributed by atoms with E-state index in [0.717, 1.165) is 29.7 Å². The molecular weight excluding hydrogens is 284 g/mol. The minimum absolute atomic E-state index is 0.893. The summed E-state index contributed by atoms with van der Waals surface area (Å²) in [5.41, 5.74) is 6.52. The Hall–Kier alpha value is -1.73. The van der Waals surface area contributed by atoms with Crippen molar-refractivity contribution in [1.82, 2.24) is 0 Å². The summed E-state index contributed by atoms with van der Waals surface area (Å²) >= 11 is 5.54. The van der Waals surface area contributed by atoms with E-state index in [1.54, 1.807) is 0 Å². The molecule has 0 aliphatic heterocycles.